The Labute approximate surface area is 49.8 Å². The van der Waals surface area contributed by atoms with Crippen molar-refractivity contribution in [2.24, 2.45) is 5.92 Å². The maximum atomic E-state index is 10.5. The van der Waals surface area contributed by atoms with E-state index < -0.39 is 0 Å². The van der Waals surface area contributed by atoms with Crippen molar-refractivity contribution in [3.8, 4) is 0 Å². The second-order valence-electron chi connectivity index (χ2n) is 1.65. The van der Waals surface area contributed by atoms with E-state index in [1.54, 1.807) is 13.8 Å². The van der Waals surface area contributed by atoms with E-state index in [4.69, 9.17) is 0 Å². The van der Waals surface area contributed by atoms with E-state index in [2.05, 4.69) is 11.7 Å². The predicted molar refractivity (Wildman–Crippen MR) is 31.2 cm³/mol. The summed E-state index contributed by atoms with van der Waals surface area (Å²) in [6.45, 7) is 7.41. The van der Waals surface area contributed by atoms with Gasteiger partial charge in [-0.3, -0.25) is 4.79 Å². The van der Waals surface area contributed by atoms with Gasteiger partial charge in [0.25, 0.3) is 5.97 Å². The zero-order valence-corrected chi connectivity index (χ0v) is 5.31. The summed E-state index contributed by atoms with van der Waals surface area (Å²) < 4.78 is 4.60. The van der Waals surface area contributed by atoms with Crippen molar-refractivity contribution in [3.05, 3.63) is 6.92 Å². The van der Waals surface area contributed by atoms with Gasteiger partial charge in [0.2, 0.25) is 0 Å². The van der Waals surface area contributed by atoms with E-state index >= 15 is 0 Å². The first-order valence-electron chi connectivity index (χ1n) is 2.68. The molecule has 0 aliphatic rings. The van der Waals surface area contributed by atoms with Crippen molar-refractivity contribution in [1.82, 2.24) is 0 Å². The third kappa shape index (κ3) is 2.61. The molecule has 0 heterocycles. The summed E-state index contributed by atoms with van der Waals surface area (Å²) in [6, 6.07) is 0. The van der Waals surface area contributed by atoms with Crippen LogP contribution in [0.15, 0.2) is 0 Å². The highest BCUT2D eigenvalue weighted by Crippen LogP contribution is 1.93. The highest BCUT2D eigenvalue weighted by Gasteiger charge is 1.98. The van der Waals surface area contributed by atoms with Crippen LogP contribution in [0.1, 0.15) is 13.8 Å². The predicted octanol–water partition coefficient (Wildman–Crippen LogP) is 1.02. The summed E-state index contributed by atoms with van der Waals surface area (Å²) in [7, 11) is 0. The SMILES string of the molecule is [CH2-]C(C)C(=O)OCC. The van der Waals surface area contributed by atoms with E-state index in [1.807, 2.05) is 0 Å². The van der Waals surface area contributed by atoms with Crippen molar-refractivity contribution < 1.29 is 9.53 Å². The molecule has 0 N–H and O–H groups in total. The molecule has 1 atom stereocenters. The fraction of sp³-hybridized carbons (Fsp3) is 0.667. The average Bonchev–Trinajstić information content (AvgIpc) is 1.67. The van der Waals surface area contributed by atoms with E-state index in [1.165, 1.54) is 0 Å². The maximum Gasteiger partial charge on any atom is 0.278 e. The van der Waals surface area contributed by atoms with Crippen LogP contribution < -0.4 is 0 Å². The van der Waals surface area contributed by atoms with Crippen LogP contribution in [0.5, 0.6) is 0 Å². The zero-order valence-electron chi connectivity index (χ0n) is 5.31. The van der Waals surface area contributed by atoms with Crippen LogP contribution in [-0.2, 0) is 9.53 Å². The smallest absolute Gasteiger partial charge is 0.278 e. The number of hydrogen-bond acceptors (Lipinski definition) is 2. The molecule has 0 aliphatic carbocycles. The molecule has 8 heavy (non-hydrogen) atoms. The van der Waals surface area contributed by atoms with Crippen molar-refractivity contribution in [2.75, 3.05) is 6.61 Å². The number of ether oxygens (including phenoxy) is 1. The molecule has 0 aromatic rings. The standard InChI is InChI=1S/C6H11O2/c1-4-8-6(7)5(2)3/h5H,2,4H2,1,3H3/q-1. The first kappa shape index (κ1) is 7.47. The lowest BCUT2D eigenvalue weighted by Gasteiger charge is -2.07. The van der Waals surface area contributed by atoms with Gasteiger partial charge < -0.3 is 11.7 Å². The molecule has 0 rings (SSSR count). The van der Waals surface area contributed by atoms with E-state index in [0.717, 1.165) is 0 Å². The van der Waals surface area contributed by atoms with Crippen molar-refractivity contribution >= 4 is 5.97 Å². The summed E-state index contributed by atoms with van der Waals surface area (Å²) >= 11 is 0. The largest absolute Gasteiger partial charge is 0.468 e. The minimum atomic E-state index is -0.241. The zero-order chi connectivity index (χ0) is 6.57. The summed E-state index contributed by atoms with van der Waals surface area (Å²) in [5.74, 6) is -0.470. The van der Waals surface area contributed by atoms with Gasteiger partial charge in [0.15, 0.2) is 0 Å². The Balaban J connectivity index is 3.33. The molecule has 0 aliphatic heterocycles. The minimum Gasteiger partial charge on any atom is -0.468 e. The minimum absolute atomic E-state index is 0.229. The summed E-state index contributed by atoms with van der Waals surface area (Å²) in [5.41, 5.74) is 0. The highest BCUT2D eigenvalue weighted by atomic mass is 16.5. The lowest BCUT2D eigenvalue weighted by molar-refractivity contribution is -0.145. The van der Waals surface area contributed by atoms with Crippen LogP contribution in [0.25, 0.3) is 0 Å². The van der Waals surface area contributed by atoms with Crippen LogP contribution in [0.4, 0.5) is 0 Å². The number of rotatable bonds is 2. The number of carbonyl (C=O) groups is 1. The second kappa shape index (κ2) is 3.47. The first-order valence-corrected chi connectivity index (χ1v) is 2.68. The molecule has 0 saturated carbocycles. The Morgan fingerprint density at radius 3 is 2.50 bits per heavy atom. The molecular formula is C6H11O2-. The molecule has 0 spiro atoms. The Morgan fingerprint density at radius 1 is 1.88 bits per heavy atom. The van der Waals surface area contributed by atoms with Crippen molar-refractivity contribution in [3.63, 3.8) is 0 Å². The summed E-state index contributed by atoms with van der Waals surface area (Å²) in [4.78, 5) is 10.5. The number of carbonyl (C=O) groups excluding carboxylic acids is 1. The summed E-state index contributed by atoms with van der Waals surface area (Å²) in [5, 5.41) is 0. The van der Waals surface area contributed by atoms with Gasteiger partial charge >= 0.3 is 0 Å². The molecule has 0 radical (unpaired) electrons. The molecule has 0 fully saturated rings. The Hall–Kier alpha value is -0.530. The lowest BCUT2D eigenvalue weighted by atomic mass is 10.2. The van der Waals surface area contributed by atoms with Crippen molar-refractivity contribution in [1.29, 1.82) is 0 Å². The topological polar surface area (TPSA) is 26.3 Å². The first-order chi connectivity index (χ1) is 3.68. The fourth-order valence-corrected chi connectivity index (χ4v) is 0.285. The summed E-state index contributed by atoms with van der Waals surface area (Å²) in [6.07, 6.45) is 0. The van der Waals surface area contributed by atoms with Gasteiger partial charge in [0.05, 0.1) is 6.61 Å². The molecule has 0 bridgehead atoms. The van der Waals surface area contributed by atoms with Gasteiger partial charge in [-0.1, -0.05) is 12.8 Å². The highest BCUT2D eigenvalue weighted by molar-refractivity contribution is 5.72. The van der Waals surface area contributed by atoms with E-state index in [-0.39, 0.29) is 11.9 Å². The lowest BCUT2D eigenvalue weighted by Crippen LogP contribution is -2.10. The monoisotopic (exact) mass is 115 g/mol. The third-order valence-electron chi connectivity index (χ3n) is 0.689. The Kier molecular flexibility index (Phi) is 3.24. The molecular weight excluding hydrogens is 104 g/mol. The van der Waals surface area contributed by atoms with Gasteiger partial charge in [-0.2, -0.15) is 0 Å². The molecule has 0 amide bonds. The molecule has 0 aromatic heterocycles. The Bertz CT molecular complexity index is 76.6. The fourth-order valence-electron chi connectivity index (χ4n) is 0.285. The number of esters is 1. The van der Waals surface area contributed by atoms with Gasteiger partial charge in [0, 0.05) is 0 Å². The molecule has 0 aromatic carbocycles. The Morgan fingerprint density at radius 2 is 2.38 bits per heavy atom. The quantitative estimate of drug-likeness (QED) is 0.396. The van der Waals surface area contributed by atoms with Crippen LogP contribution in [0, 0.1) is 12.8 Å². The third-order valence-corrected chi connectivity index (χ3v) is 0.689. The molecule has 1 unspecified atom stereocenters. The normalized spacial score (nSPS) is 12.9. The van der Waals surface area contributed by atoms with E-state index in [0.29, 0.717) is 6.61 Å². The molecule has 2 nitrogen and oxygen atoms in total. The van der Waals surface area contributed by atoms with Crippen LogP contribution in [0.3, 0.4) is 0 Å². The maximum absolute atomic E-state index is 10.5. The van der Waals surface area contributed by atoms with Gasteiger partial charge in [0.1, 0.15) is 0 Å². The average molecular weight is 115 g/mol. The second-order valence-corrected chi connectivity index (χ2v) is 1.65. The van der Waals surface area contributed by atoms with Gasteiger partial charge in [-0.25, -0.2) is 0 Å². The van der Waals surface area contributed by atoms with E-state index in [9.17, 15) is 4.79 Å². The van der Waals surface area contributed by atoms with Crippen molar-refractivity contribution in [2.45, 2.75) is 13.8 Å². The molecule has 0 saturated heterocycles. The van der Waals surface area contributed by atoms with Gasteiger partial charge in [-0.05, 0) is 6.92 Å². The number of hydrogen-bond donors (Lipinski definition) is 0. The van der Waals surface area contributed by atoms with Crippen LogP contribution in [0.2, 0.25) is 0 Å². The molecule has 48 valence electrons. The molecule has 2 heteroatoms. The van der Waals surface area contributed by atoms with Crippen LogP contribution in [-0.4, -0.2) is 12.6 Å². The van der Waals surface area contributed by atoms with Gasteiger partial charge in [-0.15, -0.1) is 0 Å². The van der Waals surface area contributed by atoms with Crippen LogP contribution >= 0.6 is 0 Å².